The summed E-state index contributed by atoms with van der Waals surface area (Å²) in [4.78, 5) is 12.3. The lowest BCUT2D eigenvalue weighted by Gasteiger charge is -2.03. The molecule has 1 aromatic heterocycles. The van der Waals surface area contributed by atoms with Gasteiger partial charge in [0.2, 0.25) is 11.1 Å². The molecular weight excluding hydrogens is 218 g/mol. The van der Waals surface area contributed by atoms with Gasteiger partial charge in [-0.05, 0) is 13.2 Å². The van der Waals surface area contributed by atoms with Crippen molar-refractivity contribution in [1.29, 1.82) is 5.26 Å². The third kappa shape index (κ3) is 3.05. The zero-order valence-electron chi connectivity index (χ0n) is 7.81. The number of nitrogens with one attached hydrogen (secondary N) is 1. The van der Waals surface area contributed by atoms with Crippen molar-refractivity contribution >= 4 is 29.5 Å². The molecule has 74 valence electrons. The van der Waals surface area contributed by atoms with Crippen molar-refractivity contribution in [3.05, 3.63) is 0 Å². The van der Waals surface area contributed by atoms with Crippen molar-refractivity contribution in [2.24, 2.45) is 0 Å². The van der Waals surface area contributed by atoms with E-state index in [9.17, 15) is 0 Å². The van der Waals surface area contributed by atoms with Gasteiger partial charge in [-0.2, -0.15) is 20.2 Å². The molecule has 7 heteroatoms. The number of thiocyanates is 1. The van der Waals surface area contributed by atoms with E-state index in [0.717, 1.165) is 18.3 Å². The summed E-state index contributed by atoms with van der Waals surface area (Å²) < 4.78 is 0. The Bertz CT molecular complexity index is 348. The maximum Gasteiger partial charge on any atom is 0.227 e. The lowest BCUT2D eigenvalue weighted by atomic mass is 10.7. The van der Waals surface area contributed by atoms with Crippen LogP contribution in [0, 0.1) is 10.7 Å². The number of nitrogens with zero attached hydrogens (tertiary/aromatic N) is 4. The molecule has 14 heavy (non-hydrogen) atoms. The summed E-state index contributed by atoms with van der Waals surface area (Å²) in [5, 5.41) is 14.5. The third-order valence-corrected chi connectivity index (χ3v) is 2.25. The van der Waals surface area contributed by atoms with E-state index < -0.39 is 0 Å². The van der Waals surface area contributed by atoms with E-state index >= 15 is 0 Å². The van der Waals surface area contributed by atoms with E-state index in [0.29, 0.717) is 16.3 Å². The van der Waals surface area contributed by atoms with Gasteiger partial charge in [-0.1, -0.05) is 11.8 Å². The number of hydrogen-bond donors (Lipinski definition) is 1. The number of aromatic nitrogens is 3. The van der Waals surface area contributed by atoms with Crippen LogP contribution in [0.5, 0.6) is 0 Å². The fourth-order valence-corrected chi connectivity index (χ4v) is 1.51. The van der Waals surface area contributed by atoms with Crippen molar-refractivity contribution in [2.75, 3.05) is 18.1 Å². The second kappa shape index (κ2) is 5.67. The first-order chi connectivity index (χ1) is 6.80. The summed E-state index contributed by atoms with van der Waals surface area (Å²) in [7, 11) is 0. The van der Waals surface area contributed by atoms with Gasteiger partial charge in [0, 0.05) is 18.3 Å². The van der Waals surface area contributed by atoms with Crippen LogP contribution in [-0.4, -0.2) is 27.8 Å². The highest BCUT2D eigenvalue weighted by molar-refractivity contribution is 8.03. The first-order valence-corrected chi connectivity index (χ1v) is 5.94. The standard InChI is InChI=1S/C7H9N5S2/c1-3-9-5-10-6(13-2)12-7(11-5)14-4-8/h3H2,1-2H3,(H,9,10,11,12). The molecule has 0 fully saturated rings. The zero-order chi connectivity index (χ0) is 10.4. The number of rotatable bonds is 4. The van der Waals surface area contributed by atoms with Gasteiger partial charge in [-0.15, -0.1) is 0 Å². The van der Waals surface area contributed by atoms with Crippen molar-refractivity contribution in [2.45, 2.75) is 17.2 Å². The first kappa shape index (κ1) is 11.1. The molecule has 1 rings (SSSR count). The highest BCUT2D eigenvalue weighted by Gasteiger charge is 2.05. The second-order valence-electron chi connectivity index (χ2n) is 2.15. The number of thioether (sulfide) groups is 2. The summed E-state index contributed by atoms with van der Waals surface area (Å²) in [5.41, 5.74) is 0. The Labute approximate surface area is 90.7 Å². The molecule has 0 spiro atoms. The van der Waals surface area contributed by atoms with Gasteiger partial charge < -0.3 is 5.32 Å². The molecule has 5 nitrogen and oxygen atoms in total. The van der Waals surface area contributed by atoms with Crippen LogP contribution in [0.15, 0.2) is 10.3 Å². The second-order valence-corrected chi connectivity index (χ2v) is 3.68. The fraction of sp³-hybridized carbons (Fsp3) is 0.429. The molecular formula is C7H9N5S2. The van der Waals surface area contributed by atoms with Crippen LogP contribution >= 0.6 is 23.5 Å². The fourth-order valence-electron chi connectivity index (χ4n) is 0.753. The lowest BCUT2D eigenvalue weighted by molar-refractivity contribution is 0.806. The largest absolute Gasteiger partial charge is 0.354 e. The molecule has 0 aromatic carbocycles. The van der Waals surface area contributed by atoms with Crippen LogP contribution in [0.3, 0.4) is 0 Å². The summed E-state index contributed by atoms with van der Waals surface area (Å²) in [6, 6.07) is 0. The van der Waals surface area contributed by atoms with Gasteiger partial charge in [-0.25, -0.2) is 0 Å². The predicted molar refractivity (Wildman–Crippen MR) is 57.2 cm³/mol. The lowest BCUT2D eigenvalue weighted by Crippen LogP contribution is -2.04. The van der Waals surface area contributed by atoms with Crippen molar-refractivity contribution in [3.63, 3.8) is 0 Å². The van der Waals surface area contributed by atoms with Gasteiger partial charge in [0.25, 0.3) is 0 Å². The summed E-state index contributed by atoms with van der Waals surface area (Å²) in [6.07, 6.45) is 1.88. The first-order valence-electron chi connectivity index (χ1n) is 3.90. The summed E-state index contributed by atoms with van der Waals surface area (Å²) >= 11 is 2.36. The molecule has 0 aliphatic heterocycles. The minimum absolute atomic E-state index is 0.433. The van der Waals surface area contributed by atoms with E-state index in [-0.39, 0.29) is 0 Å². The molecule has 0 bridgehead atoms. The molecule has 0 aliphatic carbocycles. The van der Waals surface area contributed by atoms with Gasteiger partial charge in [0.05, 0.1) is 0 Å². The van der Waals surface area contributed by atoms with Gasteiger partial charge in [0.1, 0.15) is 5.40 Å². The maximum atomic E-state index is 8.49. The summed E-state index contributed by atoms with van der Waals surface area (Å²) in [5.74, 6) is 0.518. The van der Waals surface area contributed by atoms with E-state index in [1.165, 1.54) is 11.8 Å². The molecule has 1 heterocycles. The number of hydrogen-bond acceptors (Lipinski definition) is 7. The highest BCUT2D eigenvalue weighted by Crippen LogP contribution is 2.17. The Kier molecular flexibility index (Phi) is 4.49. The number of nitriles is 1. The molecule has 0 aliphatic rings. The van der Waals surface area contributed by atoms with Crippen LogP contribution in [0.2, 0.25) is 0 Å². The Morgan fingerprint density at radius 2 is 2.07 bits per heavy atom. The Morgan fingerprint density at radius 3 is 2.64 bits per heavy atom. The van der Waals surface area contributed by atoms with Gasteiger partial charge in [0.15, 0.2) is 5.16 Å². The molecule has 0 saturated heterocycles. The molecule has 0 radical (unpaired) electrons. The van der Waals surface area contributed by atoms with E-state index in [2.05, 4.69) is 20.3 Å². The monoisotopic (exact) mass is 227 g/mol. The molecule has 1 N–H and O–H groups in total. The minimum Gasteiger partial charge on any atom is -0.354 e. The maximum absolute atomic E-state index is 8.49. The average molecular weight is 227 g/mol. The Morgan fingerprint density at radius 1 is 1.36 bits per heavy atom. The van der Waals surface area contributed by atoms with Crippen LogP contribution in [-0.2, 0) is 0 Å². The van der Waals surface area contributed by atoms with E-state index in [1.54, 1.807) is 0 Å². The average Bonchev–Trinajstić information content (AvgIpc) is 2.18. The smallest absolute Gasteiger partial charge is 0.227 e. The molecule has 0 amide bonds. The SMILES string of the molecule is CCNc1nc(SC)nc(SC#N)n1. The zero-order valence-corrected chi connectivity index (χ0v) is 9.45. The predicted octanol–water partition coefficient (Wildman–Crippen LogP) is 1.60. The van der Waals surface area contributed by atoms with Crippen molar-refractivity contribution in [1.82, 2.24) is 15.0 Å². The third-order valence-electron chi connectivity index (χ3n) is 1.25. The van der Waals surface area contributed by atoms with Crippen LogP contribution in [0.25, 0.3) is 0 Å². The van der Waals surface area contributed by atoms with Crippen molar-refractivity contribution < 1.29 is 0 Å². The van der Waals surface area contributed by atoms with Gasteiger partial charge in [-0.3, -0.25) is 0 Å². The summed E-state index contributed by atoms with van der Waals surface area (Å²) in [6.45, 7) is 2.70. The normalized spacial score (nSPS) is 9.50. The topological polar surface area (TPSA) is 74.5 Å². The molecule has 0 unspecified atom stereocenters. The van der Waals surface area contributed by atoms with E-state index in [1.807, 2.05) is 18.6 Å². The quantitative estimate of drug-likeness (QED) is 0.618. The van der Waals surface area contributed by atoms with Crippen molar-refractivity contribution in [3.8, 4) is 5.40 Å². The highest BCUT2D eigenvalue weighted by atomic mass is 32.2. The van der Waals surface area contributed by atoms with Gasteiger partial charge >= 0.3 is 0 Å². The van der Waals surface area contributed by atoms with Crippen LogP contribution in [0.4, 0.5) is 5.95 Å². The number of anilines is 1. The van der Waals surface area contributed by atoms with E-state index in [4.69, 9.17) is 5.26 Å². The molecule has 1 aromatic rings. The van der Waals surface area contributed by atoms with Crippen LogP contribution in [0.1, 0.15) is 6.92 Å². The molecule has 0 saturated carbocycles. The molecule has 0 atom stereocenters. The Balaban J connectivity index is 2.95. The minimum atomic E-state index is 0.433. The Hall–Kier alpha value is -1.00. The van der Waals surface area contributed by atoms with Crippen LogP contribution < -0.4 is 5.32 Å².